The van der Waals surface area contributed by atoms with Gasteiger partial charge in [0.15, 0.2) is 0 Å². The number of carbonyl (C=O) groups excluding carboxylic acids is 1. The maximum atomic E-state index is 12.9. The summed E-state index contributed by atoms with van der Waals surface area (Å²) >= 11 is 0. The summed E-state index contributed by atoms with van der Waals surface area (Å²) in [5.74, 6) is 0.592. The van der Waals surface area contributed by atoms with E-state index < -0.39 is 16.1 Å². The van der Waals surface area contributed by atoms with Crippen LogP contribution < -0.4 is 14.4 Å². The highest BCUT2D eigenvalue weighted by molar-refractivity contribution is 7.92. The first-order valence-corrected chi connectivity index (χ1v) is 12.7. The van der Waals surface area contributed by atoms with Gasteiger partial charge in [0.1, 0.15) is 11.8 Å². The van der Waals surface area contributed by atoms with Gasteiger partial charge in [-0.2, -0.15) is 0 Å². The Morgan fingerprint density at radius 2 is 1.87 bits per heavy atom. The second kappa shape index (κ2) is 11.7. The van der Waals surface area contributed by atoms with Gasteiger partial charge in [-0.1, -0.05) is 44.2 Å². The summed E-state index contributed by atoms with van der Waals surface area (Å²) < 4.78 is 32.0. The average Bonchev–Trinajstić information content (AvgIpc) is 2.73. The van der Waals surface area contributed by atoms with Crippen LogP contribution >= 0.6 is 0 Å². The van der Waals surface area contributed by atoms with E-state index in [1.807, 2.05) is 44.2 Å². The first-order chi connectivity index (χ1) is 14.8. The smallest absolute Gasteiger partial charge is 0.243 e. The molecule has 0 aromatic heterocycles. The van der Waals surface area contributed by atoms with E-state index in [-0.39, 0.29) is 5.91 Å². The summed E-state index contributed by atoms with van der Waals surface area (Å²) in [5, 5.41) is 2.92. The molecule has 2 aromatic rings. The van der Waals surface area contributed by atoms with Crippen molar-refractivity contribution in [1.82, 2.24) is 5.32 Å². The summed E-state index contributed by atoms with van der Waals surface area (Å²) in [6, 6.07) is 14.3. The van der Waals surface area contributed by atoms with Crippen molar-refractivity contribution in [3.63, 3.8) is 0 Å². The third-order valence-corrected chi connectivity index (χ3v) is 6.12. The first kappa shape index (κ1) is 24.7. The molecule has 0 radical (unpaired) electrons. The van der Waals surface area contributed by atoms with Crippen LogP contribution in [0.4, 0.5) is 5.69 Å². The van der Waals surface area contributed by atoms with Crippen LogP contribution in [0.2, 0.25) is 0 Å². The van der Waals surface area contributed by atoms with Crippen LogP contribution in [0.5, 0.6) is 5.75 Å². The van der Waals surface area contributed by atoms with Crippen LogP contribution in [0.3, 0.4) is 0 Å². The molecule has 0 aliphatic carbocycles. The molecule has 7 heteroatoms. The Labute approximate surface area is 186 Å². The molecule has 0 saturated carbocycles. The zero-order valence-corrected chi connectivity index (χ0v) is 19.7. The topological polar surface area (TPSA) is 75.7 Å². The Kier molecular flexibility index (Phi) is 9.37. The molecule has 1 atom stereocenters. The van der Waals surface area contributed by atoms with E-state index in [9.17, 15) is 13.2 Å². The molecule has 0 saturated heterocycles. The highest BCUT2D eigenvalue weighted by Gasteiger charge is 2.31. The molecule has 0 bridgehead atoms. The monoisotopic (exact) mass is 446 g/mol. The van der Waals surface area contributed by atoms with E-state index >= 15 is 0 Å². The lowest BCUT2D eigenvalue weighted by Crippen LogP contribution is -2.49. The minimum Gasteiger partial charge on any atom is -0.493 e. The van der Waals surface area contributed by atoms with Gasteiger partial charge in [0.2, 0.25) is 15.9 Å². The second-order valence-electron chi connectivity index (χ2n) is 7.67. The normalized spacial score (nSPS) is 12.3. The van der Waals surface area contributed by atoms with Crippen LogP contribution in [-0.4, -0.2) is 39.8 Å². The van der Waals surface area contributed by atoms with Gasteiger partial charge in [-0.15, -0.1) is 0 Å². The van der Waals surface area contributed by atoms with Crippen molar-refractivity contribution in [2.24, 2.45) is 0 Å². The van der Waals surface area contributed by atoms with E-state index in [0.29, 0.717) is 25.3 Å². The maximum Gasteiger partial charge on any atom is 0.243 e. The molecule has 6 nitrogen and oxygen atoms in total. The van der Waals surface area contributed by atoms with Crippen molar-refractivity contribution in [2.45, 2.75) is 52.5 Å². The predicted octanol–water partition coefficient (Wildman–Crippen LogP) is 4.08. The summed E-state index contributed by atoms with van der Waals surface area (Å²) in [7, 11) is -3.62. The Bertz CT molecular complexity index is 960. The minimum atomic E-state index is -3.62. The van der Waals surface area contributed by atoms with Gasteiger partial charge in [0, 0.05) is 6.54 Å². The van der Waals surface area contributed by atoms with Crippen molar-refractivity contribution in [1.29, 1.82) is 0 Å². The molecule has 0 heterocycles. The fraction of sp³-hybridized carbons (Fsp3) is 0.458. The van der Waals surface area contributed by atoms with E-state index in [4.69, 9.17) is 4.74 Å². The molecular weight excluding hydrogens is 412 g/mol. The number of amides is 1. The van der Waals surface area contributed by atoms with Crippen molar-refractivity contribution >= 4 is 21.6 Å². The number of rotatable bonds is 12. The van der Waals surface area contributed by atoms with Gasteiger partial charge in [-0.05, 0) is 61.9 Å². The molecule has 0 unspecified atom stereocenters. The van der Waals surface area contributed by atoms with Gasteiger partial charge in [0.25, 0.3) is 0 Å². The van der Waals surface area contributed by atoms with E-state index in [0.717, 1.165) is 42.4 Å². The number of hydrogen-bond donors (Lipinski definition) is 1. The van der Waals surface area contributed by atoms with E-state index in [2.05, 4.69) is 12.2 Å². The molecule has 170 valence electrons. The van der Waals surface area contributed by atoms with Crippen LogP contribution in [-0.2, 0) is 21.2 Å². The summed E-state index contributed by atoms with van der Waals surface area (Å²) in [6.07, 6.45) is 3.96. The lowest BCUT2D eigenvalue weighted by Gasteiger charge is -2.30. The first-order valence-electron chi connectivity index (χ1n) is 10.8. The zero-order valence-electron chi connectivity index (χ0n) is 18.9. The van der Waals surface area contributed by atoms with Crippen LogP contribution in [0.1, 0.15) is 44.2 Å². The molecule has 0 aliphatic rings. The Morgan fingerprint density at radius 3 is 2.52 bits per heavy atom. The highest BCUT2D eigenvalue weighted by atomic mass is 32.2. The van der Waals surface area contributed by atoms with Gasteiger partial charge in [-0.3, -0.25) is 9.10 Å². The number of aryl methyl sites for hydroxylation is 2. The van der Waals surface area contributed by atoms with Gasteiger partial charge in [-0.25, -0.2) is 8.42 Å². The summed E-state index contributed by atoms with van der Waals surface area (Å²) in [4.78, 5) is 12.9. The Hall–Kier alpha value is -2.54. The number of carbonyl (C=O) groups is 1. The van der Waals surface area contributed by atoms with Crippen molar-refractivity contribution in [2.75, 3.05) is 23.7 Å². The van der Waals surface area contributed by atoms with Crippen LogP contribution in [0.15, 0.2) is 48.5 Å². The fourth-order valence-corrected chi connectivity index (χ4v) is 4.70. The third-order valence-electron chi connectivity index (χ3n) is 4.94. The van der Waals surface area contributed by atoms with Gasteiger partial charge in [0.05, 0.1) is 18.6 Å². The second-order valence-corrected chi connectivity index (χ2v) is 9.53. The van der Waals surface area contributed by atoms with Gasteiger partial charge < -0.3 is 10.1 Å². The number of hydrogen-bond acceptors (Lipinski definition) is 4. The lowest BCUT2D eigenvalue weighted by atomic mass is 10.1. The third kappa shape index (κ3) is 7.28. The number of nitrogens with one attached hydrogen (secondary N) is 1. The van der Waals surface area contributed by atoms with E-state index in [1.165, 1.54) is 4.31 Å². The number of benzene rings is 2. The summed E-state index contributed by atoms with van der Waals surface area (Å²) in [5.41, 5.74) is 2.55. The minimum absolute atomic E-state index is 0.287. The highest BCUT2D eigenvalue weighted by Crippen LogP contribution is 2.24. The van der Waals surface area contributed by atoms with Crippen molar-refractivity contribution in [3.8, 4) is 5.75 Å². The molecular formula is C24H34N2O4S. The largest absolute Gasteiger partial charge is 0.493 e. The average molecular weight is 447 g/mol. The number of anilines is 1. The Balaban J connectivity index is 2.02. The maximum absolute atomic E-state index is 12.9. The SMILES string of the molecule is CCCOc1ccccc1CCCNC(=O)[C@H](CC)N(c1cccc(C)c1)S(C)(=O)=O. The molecule has 0 spiro atoms. The molecule has 0 aliphatic heterocycles. The number of ether oxygens (including phenoxy) is 1. The lowest BCUT2D eigenvalue weighted by molar-refractivity contribution is -0.122. The van der Waals surface area contributed by atoms with Crippen LogP contribution in [0, 0.1) is 6.92 Å². The molecule has 1 amide bonds. The number of nitrogens with zero attached hydrogens (tertiary/aromatic N) is 1. The van der Waals surface area contributed by atoms with E-state index in [1.54, 1.807) is 18.2 Å². The standard InChI is InChI=1S/C24H34N2O4S/c1-5-17-30-23-15-8-7-12-20(23)13-10-16-25-24(27)22(6-2)26(31(4,28)29)21-14-9-11-19(3)18-21/h7-9,11-12,14-15,18,22H,5-6,10,13,16-17H2,1-4H3,(H,25,27)/t22-/m0/s1. The molecule has 31 heavy (non-hydrogen) atoms. The fourth-order valence-electron chi connectivity index (χ4n) is 3.50. The zero-order chi connectivity index (χ0) is 22.9. The Morgan fingerprint density at radius 1 is 1.13 bits per heavy atom. The summed E-state index contributed by atoms with van der Waals surface area (Å²) in [6.45, 7) is 6.92. The van der Waals surface area contributed by atoms with Crippen molar-refractivity contribution in [3.05, 3.63) is 59.7 Å². The molecule has 1 N–H and O–H groups in total. The number of sulfonamides is 1. The predicted molar refractivity (Wildman–Crippen MR) is 126 cm³/mol. The number of para-hydroxylation sites is 1. The molecule has 2 aromatic carbocycles. The van der Waals surface area contributed by atoms with Gasteiger partial charge >= 0.3 is 0 Å². The van der Waals surface area contributed by atoms with Crippen molar-refractivity contribution < 1.29 is 17.9 Å². The molecule has 2 rings (SSSR count). The van der Waals surface area contributed by atoms with Crippen LogP contribution in [0.25, 0.3) is 0 Å². The molecule has 0 fully saturated rings. The quantitative estimate of drug-likeness (QED) is 0.499.